The fourth-order valence-electron chi connectivity index (χ4n) is 2.26. The number of hydrogen-bond donors (Lipinski definition) is 1. The van der Waals surface area contributed by atoms with Crippen molar-refractivity contribution in [2.75, 3.05) is 37.0 Å². The van der Waals surface area contributed by atoms with E-state index in [2.05, 4.69) is 21.8 Å². The molecule has 5 heteroatoms. The van der Waals surface area contributed by atoms with Gasteiger partial charge in [0, 0.05) is 33.4 Å². The molecule has 5 nitrogen and oxygen atoms in total. The molecule has 0 amide bonds. The Labute approximate surface area is 103 Å². The maximum absolute atomic E-state index is 6.24. The molecule has 2 rings (SSSR count). The smallest absolute Gasteiger partial charge is 0.226 e. The van der Waals surface area contributed by atoms with E-state index in [0.717, 1.165) is 37.7 Å². The van der Waals surface area contributed by atoms with Crippen molar-refractivity contribution in [1.82, 2.24) is 9.97 Å². The molecular weight excluding hydrogens is 214 g/mol. The van der Waals surface area contributed by atoms with Crippen LogP contribution in [-0.2, 0) is 0 Å². The minimum atomic E-state index is -0.0159. The molecule has 0 aliphatic carbocycles. The van der Waals surface area contributed by atoms with Gasteiger partial charge in [0.15, 0.2) is 0 Å². The molecule has 0 unspecified atom stereocenters. The van der Waals surface area contributed by atoms with Crippen LogP contribution < -0.4 is 15.5 Å². The zero-order valence-corrected chi connectivity index (χ0v) is 10.8. The van der Waals surface area contributed by atoms with Crippen LogP contribution in [0.1, 0.15) is 19.8 Å². The molecule has 1 aliphatic rings. The third-order valence-electron chi connectivity index (χ3n) is 3.11. The van der Waals surface area contributed by atoms with Crippen LogP contribution in [0.4, 0.5) is 11.8 Å². The van der Waals surface area contributed by atoms with E-state index >= 15 is 0 Å². The topological polar surface area (TPSA) is 58.3 Å². The molecule has 1 fully saturated rings. The Balaban J connectivity index is 2.03. The monoisotopic (exact) mass is 235 g/mol. The van der Waals surface area contributed by atoms with Gasteiger partial charge in [-0.3, -0.25) is 0 Å². The van der Waals surface area contributed by atoms with Crippen molar-refractivity contribution >= 4 is 11.8 Å². The lowest BCUT2D eigenvalue weighted by atomic mass is 9.86. The SMILES string of the molecule is CCCC1(N)CN(c2ccnc(N(C)C)n2)C1. The summed E-state index contributed by atoms with van der Waals surface area (Å²) in [5, 5.41) is 0. The number of nitrogens with zero attached hydrogens (tertiary/aromatic N) is 4. The van der Waals surface area contributed by atoms with Gasteiger partial charge in [-0.25, -0.2) is 4.98 Å². The van der Waals surface area contributed by atoms with Gasteiger partial charge < -0.3 is 15.5 Å². The molecule has 1 aliphatic heterocycles. The van der Waals surface area contributed by atoms with Gasteiger partial charge in [-0.1, -0.05) is 13.3 Å². The van der Waals surface area contributed by atoms with Crippen LogP contribution in [0, 0.1) is 0 Å². The summed E-state index contributed by atoms with van der Waals surface area (Å²) < 4.78 is 0. The maximum Gasteiger partial charge on any atom is 0.226 e. The summed E-state index contributed by atoms with van der Waals surface area (Å²) in [6.07, 6.45) is 4.01. The van der Waals surface area contributed by atoms with Gasteiger partial charge in [0.1, 0.15) is 5.82 Å². The van der Waals surface area contributed by atoms with Gasteiger partial charge in [0.25, 0.3) is 0 Å². The Morgan fingerprint density at radius 3 is 2.76 bits per heavy atom. The van der Waals surface area contributed by atoms with E-state index in [1.165, 1.54) is 0 Å². The molecule has 0 saturated carbocycles. The summed E-state index contributed by atoms with van der Waals surface area (Å²) in [5.74, 6) is 1.72. The summed E-state index contributed by atoms with van der Waals surface area (Å²) in [7, 11) is 3.89. The average molecular weight is 235 g/mol. The van der Waals surface area contributed by atoms with Crippen LogP contribution >= 0.6 is 0 Å². The second-order valence-corrected chi connectivity index (χ2v) is 5.08. The Bertz CT molecular complexity index is 384. The highest BCUT2D eigenvalue weighted by Crippen LogP contribution is 2.28. The minimum Gasteiger partial charge on any atom is -0.353 e. The number of hydrogen-bond acceptors (Lipinski definition) is 5. The largest absolute Gasteiger partial charge is 0.353 e. The molecular formula is C12H21N5. The van der Waals surface area contributed by atoms with Crippen LogP contribution in [-0.4, -0.2) is 42.7 Å². The third kappa shape index (κ3) is 2.49. The maximum atomic E-state index is 6.24. The Morgan fingerprint density at radius 2 is 2.18 bits per heavy atom. The highest BCUT2D eigenvalue weighted by molar-refractivity contribution is 5.47. The molecule has 94 valence electrons. The molecule has 1 aromatic rings. The molecule has 0 bridgehead atoms. The number of rotatable bonds is 4. The summed E-state index contributed by atoms with van der Waals surface area (Å²) in [5.41, 5.74) is 6.23. The lowest BCUT2D eigenvalue weighted by Gasteiger charge is -2.48. The molecule has 1 aromatic heterocycles. The van der Waals surface area contributed by atoms with Gasteiger partial charge in [0.2, 0.25) is 5.95 Å². The molecule has 0 atom stereocenters. The molecule has 1 saturated heterocycles. The third-order valence-corrected chi connectivity index (χ3v) is 3.11. The van der Waals surface area contributed by atoms with Crippen molar-refractivity contribution in [2.24, 2.45) is 5.73 Å². The molecule has 2 heterocycles. The first-order chi connectivity index (χ1) is 8.04. The van der Waals surface area contributed by atoms with E-state index in [-0.39, 0.29) is 5.54 Å². The summed E-state index contributed by atoms with van der Waals surface area (Å²) >= 11 is 0. The minimum absolute atomic E-state index is 0.0159. The van der Waals surface area contributed by atoms with Crippen molar-refractivity contribution in [2.45, 2.75) is 25.3 Å². The normalized spacial score (nSPS) is 17.8. The van der Waals surface area contributed by atoms with Crippen molar-refractivity contribution in [1.29, 1.82) is 0 Å². The molecule has 0 radical (unpaired) electrons. The van der Waals surface area contributed by atoms with Gasteiger partial charge in [-0.05, 0) is 12.5 Å². The molecule has 0 spiro atoms. The Hall–Kier alpha value is -1.36. The summed E-state index contributed by atoms with van der Waals surface area (Å²) in [6.45, 7) is 3.96. The first-order valence-electron chi connectivity index (χ1n) is 6.08. The molecule has 17 heavy (non-hydrogen) atoms. The zero-order valence-electron chi connectivity index (χ0n) is 10.8. The second-order valence-electron chi connectivity index (χ2n) is 5.08. The highest BCUT2D eigenvalue weighted by Gasteiger charge is 2.39. The standard InChI is InChI=1S/C12H21N5/c1-4-6-12(13)8-17(9-12)10-5-7-14-11(15-10)16(2)3/h5,7H,4,6,8-9,13H2,1-3H3. The Kier molecular flexibility index (Phi) is 3.19. The van der Waals surface area contributed by atoms with Crippen molar-refractivity contribution in [3.63, 3.8) is 0 Å². The van der Waals surface area contributed by atoms with E-state index in [9.17, 15) is 0 Å². The van der Waals surface area contributed by atoms with Crippen LogP contribution in [0.5, 0.6) is 0 Å². The predicted octanol–water partition coefficient (Wildman–Crippen LogP) is 0.860. The summed E-state index contributed by atoms with van der Waals surface area (Å²) in [6, 6.07) is 1.94. The quantitative estimate of drug-likeness (QED) is 0.839. The predicted molar refractivity (Wildman–Crippen MR) is 70.4 cm³/mol. The van der Waals surface area contributed by atoms with E-state index in [1.807, 2.05) is 25.1 Å². The summed E-state index contributed by atoms with van der Waals surface area (Å²) in [4.78, 5) is 12.8. The molecule has 0 aromatic carbocycles. The first kappa shape index (κ1) is 12.1. The average Bonchev–Trinajstić information content (AvgIpc) is 2.26. The van der Waals surface area contributed by atoms with Crippen molar-refractivity contribution in [3.8, 4) is 0 Å². The van der Waals surface area contributed by atoms with Gasteiger partial charge in [-0.2, -0.15) is 4.98 Å². The Morgan fingerprint density at radius 1 is 1.47 bits per heavy atom. The lowest BCUT2D eigenvalue weighted by Crippen LogP contribution is -2.67. The van der Waals surface area contributed by atoms with Crippen LogP contribution in [0.25, 0.3) is 0 Å². The van der Waals surface area contributed by atoms with Gasteiger partial charge >= 0.3 is 0 Å². The van der Waals surface area contributed by atoms with E-state index in [1.54, 1.807) is 6.20 Å². The van der Waals surface area contributed by atoms with Crippen molar-refractivity contribution in [3.05, 3.63) is 12.3 Å². The van der Waals surface area contributed by atoms with Gasteiger partial charge in [-0.15, -0.1) is 0 Å². The van der Waals surface area contributed by atoms with Crippen LogP contribution in [0.3, 0.4) is 0 Å². The molecule has 2 N–H and O–H groups in total. The van der Waals surface area contributed by atoms with E-state index < -0.39 is 0 Å². The highest BCUT2D eigenvalue weighted by atomic mass is 15.3. The van der Waals surface area contributed by atoms with Crippen molar-refractivity contribution < 1.29 is 0 Å². The van der Waals surface area contributed by atoms with Crippen LogP contribution in [0.2, 0.25) is 0 Å². The number of nitrogens with two attached hydrogens (primary N) is 1. The lowest BCUT2D eigenvalue weighted by molar-refractivity contribution is 0.306. The second kappa shape index (κ2) is 4.49. The van der Waals surface area contributed by atoms with E-state index in [4.69, 9.17) is 5.73 Å². The fraction of sp³-hybridized carbons (Fsp3) is 0.667. The number of anilines is 2. The first-order valence-corrected chi connectivity index (χ1v) is 6.08. The van der Waals surface area contributed by atoms with Gasteiger partial charge in [0.05, 0.1) is 5.54 Å². The fourth-order valence-corrected chi connectivity index (χ4v) is 2.26. The van der Waals surface area contributed by atoms with E-state index in [0.29, 0.717) is 0 Å². The zero-order chi connectivity index (χ0) is 12.5. The number of aromatic nitrogens is 2. The van der Waals surface area contributed by atoms with Crippen LogP contribution in [0.15, 0.2) is 12.3 Å².